The SMILES string of the molecule is C=C(C)/C(=N\OC)C1CCCN1C.CC. The summed E-state index contributed by atoms with van der Waals surface area (Å²) in [6.45, 7) is 11.0. The van der Waals surface area contributed by atoms with E-state index in [9.17, 15) is 0 Å². The van der Waals surface area contributed by atoms with Gasteiger partial charge >= 0.3 is 0 Å². The lowest BCUT2D eigenvalue weighted by atomic mass is 10.0. The van der Waals surface area contributed by atoms with Gasteiger partial charge in [0.05, 0.1) is 11.8 Å². The lowest BCUT2D eigenvalue weighted by Crippen LogP contribution is -2.33. The molecule has 0 amide bonds. The number of hydrogen-bond acceptors (Lipinski definition) is 3. The van der Waals surface area contributed by atoms with E-state index in [1.54, 1.807) is 7.11 Å². The van der Waals surface area contributed by atoms with Crippen molar-refractivity contribution >= 4 is 5.71 Å². The van der Waals surface area contributed by atoms with Gasteiger partial charge in [-0.15, -0.1) is 0 Å². The minimum atomic E-state index is 0.400. The highest BCUT2D eigenvalue weighted by atomic mass is 16.6. The fourth-order valence-corrected chi connectivity index (χ4v) is 1.78. The van der Waals surface area contributed by atoms with Gasteiger partial charge in [-0.2, -0.15) is 0 Å². The molecule has 1 aliphatic rings. The first-order chi connectivity index (χ1) is 7.16. The van der Waals surface area contributed by atoms with Gasteiger partial charge < -0.3 is 4.84 Å². The third kappa shape index (κ3) is 4.04. The van der Waals surface area contributed by atoms with Crippen LogP contribution in [0.2, 0.25) is 0 Å². The summed E-state index contributed by atoms with van der Waals surface area (Å²) in [6.07, 6.45) is 2.39. The summed E-state index contributed by atoms with van der Waals surface area (Å²) in [6, 6.07) is 0.400. The second kappa shape index (κ2) is 7.46. The molecule has 3 heteroatoms. The lowest BCUT2D eigenvalue weighted by molar-refractivity contribution is 0.209. The number of oxime groups is 1. The van der Waals surface area contributed by atoms with Gasteiger partial charge in [0.15, 0.2) is 0 Å². The van der Waals surface area contributed by atoms with Crippen LogP contribution in [-0.4, -0.2) is 37.4 Å². The molecule has 0 N–H and O–H groups in total. The van der Waals surface area contributed by atoms with Crippen LogP contribution in [0.15, 0.2) is 17.3 Å². The van der Waals surface area contributed by atoms with Gasteiger partial charge in [-0.25, -0.2) is 0 Å². The van der Waals surface area contributed by atoms with E-state index in [-0.39, 0.29) is 0 Å². The highest BCUT2D eigenvalue weighted by Crippen LogP contribution is 2.19. The molecule has 0 saturated carbocycles. The van der Waals surface area contributed by atoms with Crippen molar-refractivity contribution in [1.82, 2.24) is 4.90 Å². The maximum Gasteiger partial charge on any atom is 0.106 e. The Kier molecular flexibility index (Phi) is 7.05. The highest BCUT2D eigenvalue weighted by molar-refractivity contribution is 6.02. The Labute approximate surface area is 93.8 Å². The van der Waals surface area contributed by atoms with Crippen LogP contribution in [0, 0.1) is 0 Å². The van der Waals surface area contributed by atoms with E-state index in [1.165, 1.54) is 6.42 Å². The van der Waals surface area contributed by atoms with E-state index in [1.807, 2.05) is 20.8 Å². The zero-order chi connectivity index (χ0) is 11.8. The van der Waals surface area contributed by atoms with Gasteiger partial charge in [0.25, 0.3) is 0 Å². The lowest BCUT2D eigenvalue weighted by Gasteiger charge is -2.20. The zero-order valence-corrected chi connectivity index (χ0v) is 10.7. The van der Waals surface area contributed by atoms with Crippen molar-refractivity contribution in [1.29, 1.82) is 0 Å². The first-order valence-corrected chi connectivity index (χ1v) is 5.64. The first kappa shape index (κ1) is 14.2. The fraction of sp³-hybridized carbons (Fsp3) is 0.750. The topological polar surface area (TPSA) is 24.8 Å². The van der Waals surface area contributed by atoms with Crippen LogP contribution in [0.25, 0.3) is 0 Å². The minimum absolute atomic E-state index is 0.400. The molecule has 0 aromatic carbocycles. The summed E-state index contributed by atoms with van der Waals surface area (Å²) in [5.74, 6) is 0. The van der Waals surface area contributed by atoms with Crippen LogP contribution in [0.1, 0.15) is 33.6 Å². The Bertz CT molecular complexity index is 224. The number of hydrogen-bond donors (Lipinski definition) is 0. The van der Waals surface area contributed by atoms with Crippen LogP contribution >= 0.6 is 0 Å². The molecule has 1 unspecified atom stereocenters. The predicted octanol–water partition coefficient (Wildman–Crippen LogP) is 2.69. The Morgan fingerprint density at radius 1 is 1.47 bits per heavy atom. The van der Waals surface area contributed by atoms with Crippen molar-refractivity contribution in [2.24, 2.45) is 5.16 Å². The van der Waals surface area contributed by atoms with Gasteiger partial charge in [0.2, 0.25) is 0 Å². The van der Waals surface area contributed by atoms with Crippen LogP contribution < -0.4 is 0 Å². The van der Waals surface area contributed by atoms with E-state index >= 15 is 0 Å². The van der Waals surface area contributed by atoms with Crippen molar-refractivity contribution in [3.05, 3.63) is 12.2 Å². The Hall–Kier alpha value is -0.830. The average Bonchev–Trinajstić information content (AvgIpc) is 2.63. The maximum absolute atomic E-state index is 4.83. The van der Waals surface area contributed by atoms with E-state index in [0.29, 0.717) is 6.04 Å². The van der Waals surface area contributed by atoms with E-state index < -0.39 is 0 Å². The minimum Gasteiger partial charge on any atom is -0.399 e. The summed E-state index contributed by atoms with van der Waals surface area (Å²) in [5.41, 5.74) is 1.99. The van der Waals surface area contributed by atoms with Crippen LogP contribution in [0.3, 0.4) is 0 Å². The molecule has 0 bridgehead atoms. The zero-order valence-electron chi connectivity index (χ0n) is 10.7. The van der Waals surface area contributed by atoms with Crippen molar-refractivity contribution < 1.29 is 4.84 Å². The number of likely N-dealkylation sites (tertiary alicyclic amines) is 1. The maximum atomic E-state index is 4.83. The summed E-state index contributed by atoms with van der Waals surface area (Å²) >= 11 is 0. The molecular formula is C12H24N2O. The molecule has 1 aliphatic heterocycles. The predicted molar refractivity (Wildman–Crippen MR) is 66.3 cm³/mol. The van der Waals surface area contributed by atoms with Gasteiger partial charge in [0, 0.05) is 0 Å². The van der Waals surface area contributed by atoms with Crippen LogP contribution in [-0.2, 0) is 4.84 Å². The smallest absolute Gasteiger partial charge is 0.106 e. The molecule has 1 saturated heterocycles. The summed E-state index contributed by atoms with van der Waals surface area (Å²) in [7, 11) is 3.70. The molecule has 3 nitrogen and oxygen atoms in total. The van der Waals surface area contributed by atoms with Crippen molar-refractivity contribution in [3.8, 4) is 0 Å². The van der Waals surface area contributed by atoms with Crippen molar-refractivity contribution in [3.63, 3.8) is 0 Å². The molecule has 0 radical (unpaired) electrons. The summed E-state index contributed by atoms with van der Waals surface area (Å²) < 4.78 is 0. The number of nitrogens with zero attached hydrogens (tertiary/aromatic N) is 2. The monoisotopic (exact) mass is 212 g/mol. The molecule has 88 valence electrons. The highest BCUT2D eigenvalue weighted by Gasteiger charge is 2.26. The van der Waals surface area contributed by atoms with Crippen molar-refractivity contribution in [2.75, 3.05) is 20.7 Å². The van der Waals surface area contributed by atoms with Gasteiger partial charge in [-0.3, -0.25) is 4.90 Å². The third-order valence-electron chi connectivity index (χ3n) is 2.46. The average molecular weight is 212 g/mol. The standard InChI is InChI=1S/C10H18N2O.C2H6/c1-8(2)10(11-13-4)9-6-5-7-12(9)3;1-2/h9H,1,5-7H2,2-4H3;1-2H3/b11-10+;. The second-order valence-electron chi connectivity index (χ2n) is 3.58. The second-order valence-corrected chi connectivity index (χ2v) is 3.58. The molecule has 1 atom stereocenters. The number of rotatable bonds is 3. The summed E-state index contributed by atoms with van der Waals surface area (Å²) in [4.78, 5) is 7.12. The van der Waals surface area contributed by atoms with Gasteiger partial charge in [-0.1, -0.05) is 25.6 Å². The Morgan fingerprint density at radius 3 is 2.40 bits per heavy atom. The molecular weight excluding hydrogens is 188 g/mol. The first-order valence-electron chi connectivity index (χ1n) is 5.64. The van der Waals surface area contributed by atoms with Crippen LogP contribution in [0.5, 0.6) is 0 Å². The summed E-state index contributed by atoms with van der Waals surface area (Å²) in [5, 5.41) is 4.03. The van der Waals surface area contributed by atoms with E-state index in [4.69, 9.17) is 4.84 Å². The molecule has 1 rings (SSSR count). The van der Waals surface area contributed by atoms with E-state index in [0.717, 1.165) is 24.3 Å². The molecule has 0 aromatic rings. The van der Waals surface area contributed by atoms with Gasteiger partial charge in [-0.05, 0) is 38.9 Å². The van der Waals surface area contributed by atoms with Crippen LogP contribution in [0.4, 0.5) is 0 Å². The Morgan fingerprint density at radius 2 is 2.07 bits per heavy atom. The molecule has 15 heavy (non-hydrogen) atoms. The fourth-order valence-electron chi connectivity index (χ4n) is 1.78. The molecule has 1 heterocycles. The van der Waals surface area contributed by atoms with Gasteiger partial charge in [0.1, 0.15) is 7.11 Å². The Balaban J connectivity index is 0.000000921. The van der Waals surface area contributed by atoms with E-state index in [2.05, 4.69) is 23.7 Å². The van der Waals surface area contributed by atoms with Crippen molar-refractivity contribution in [2.45, 2.75) is 39.7 Å². The normalized spacial score (nSPS) is 21.9. The molecule has 0 aromatic heterocycles. The quantitative estimate of drug-likeness (QED) is 0.531. The molecule has 0 spiro atoms. The third-order valence-corrected chi connectivity index (χ3v) is 2.46. The molecule has 1 fully saturated rings. The molecule has 0 aliphatic carbocycles. The largest absolute Gasteiger partial charge is 0.399 e.